The van der Waals surface area contributed by atoms with Crippen molar-refractivity contribution in [3.05, 3.63) is 90.7 Å². The van der Waals surface area contributed by atoms with Crippen LogP contribution in [0.1, 0.15) is 11.1 Å². The normalized spacial score (nSPS) is 11.6. The molecule has 120 valence electrons. The number of nitro benzene ring substituents is 1. The zero-order valence-electron chi connectivity index (χ0n) is 13.0. The van der Waals surface area contributed by atoms with Crippen molar-refractivity contribution in [2.24, 2.45) is 0 Å². The van der Waals surface area contributed by atoms with Crippen LogP contribution in [0.5, 0.6) is 0 Å². The van der Waals surface area contributed by atoms with Crippen molar-refractivity contribution < 1.29 is 4.92 Å². The molecule has 0 atom stereocenters. The minimum atomic E-state index is -0.472. The van der Waals surface area contributed by atoms with Crippen LogP contribution < -0.4 is 16.1 Å². The summed E-state index contributed by atoms with van der Waals surface area (Å²) in [5.41, 5.74) is 1.76. The topological polar surface area (TPSA) is 80.9 Å². The molecular weight excluding hydrogens is 306 g/mol. The van der Waals surface area contributed by atoms with Gasteiger partial charge >= 0.3 is 0 Å². The summed E-state index contributed by atoms with van der Waals surface area (Å²) in [6, 6.07) is 13.7. The second-order valence-electron chi connectivity index (χ2n) is 5.44. The van der Waals surface area contributed by atoms with Gasteiger partial charge in [0.1, 0.15) is 0 Å². The minimum absolute atomic E-state index is 0.0561. The van der Waals surface area contributed by atoms with E-state index in [1.54, 1.807) is 18.2 Å². The van der Waals surface area contributed by atoms with Crippen LogP contribution in [0.3, 0.4) is 0 Å². The third-order valence-electron chi connectivity index (χ3n) is 3.73. The van der Waals surface area contributed by atoms with E-state index in [1.807, 2.05) is 31.2 Å². The first-order chi connectivity index (χ1) is 11.5. The molecule has 24 heavy (non-hydrogen) atoms. The fraction of sp³-hybridized carbons (Fsp3) is 0.0556. The smallest absolute Gasteiger partial charge is 0.279 e. The van der Waals surface area contributed by atoms with Gasteiger partial charge in [-0.25, -0.2) is 4.68 Å². The van der Waals surface area contributed by atoms with Crippen molar-refractivity contribution >= 4 is 18.3 Å². The molecule has 1 aromatic heterocycles. The van der Waals surface area contributed by atoms with Crippen LogP contribution in [0.2, 0.25) is 0 Å². The van der Waals surface area contributed by atoms with Gasteiger partial charge in [0, 0.05) is 6.07 Å². The Kier molecular flexibility index (Phi) is 3.87. The molecule has 0 amide bonds. The number of aromatic nitrogens is 2. The number of aromatic amines is 1. The standard InChI is InChI=1S/C18H15N3O3/c1-12-7-9-15(10-8-12)20-18(22)16(13(2)19-20)11-14-5-3-4-6-17(14)21(23)24/h3-11,19H,2H2,1H3. The zero-order chi connectivity index (χ0) is 17.3. The number of nitrogens with one attached hydrogen (secondary N) is 1. The summed E-state index contributed by atoms with van der Waals surface area (Å²) in [6.45, 7) is 5.80. The molecule has 6 heteroatoms. The molecule has 0 aliphatic rings. The molecule has 0 fully saturated rings. The van der Waals surface area contributed by atoms with Gasteiger partial charge < -0.3 is 0 Å². The number of benzene rings is 2. The lowest BCUT2D eigenvalue weighted by Gasteiger charge is -2.00. The molecular formula is C18H15N3O3. The Hall–Kier alpha value is -3.41. The summed E-state index contributed by atoms with van der Waals surface area (Å²) in [5.74, 6) is 0. The Balaban J connectivity index is 2.21. The average Bonchev–Trinajstić information content (AvgIpc) is 2.84. The van der Waals surface area contributed by atoms with Crippen molar-refractivity contribution in [1.82, 2.24) is 9.78 Å². The highest BCUT2D eigenvalue weighted by atomic mass is 16.6. The molecule has 6 nitrogen and oxygen atoms in total. The summed E-state index contributed by atoms with van der Waals surface area (Å²) in [4.78, 5) is 23.3. The molecule has 0 aliphatic heterocycles. The SMILES string of the molecule is C=c1[nH]n(-c2ccc(C)cc2)c(=O)c1=Cc1ccccc1[N+](=O)[O-]. The van der Waals surface area contributed by atoms with Gasteiger partial charge in [0.05, 0.1) is 26.7 Å². The molecule has 0 saturated heterocycles. The van der Waals surface area contributed by atoms with Crippen molar-refractivity contribution in [2.75, 3.05) is 0 Å². The third-order valence-corrected chi connectivity index (χ3v) is 3.73. The van der Waals surface area contributed by atoms with Crippen LogP contribution in [0, 0.1) is 17.0 Å². The van der Waals surface area contributed by atoms with E-state index in [0.29, 0.717) is 21.8 Å². The maximum atomic E-state index is 12.7. The fourth-order valence-electron chi connectivity index (χ4n) is 2.45. The van der Waals surface area contributed by atoms with Gasteiger partial charge in [-0.2, -0.15) is 0 Å². The molecule has 1 heterocycles. The summed E-state index contributed by atoms with van der Waals surface area (Å²) >= 11 is 0. The molecule has 0 aliphatic carbocycles. The molecule has 2 aromatic carbocycles. The highest BCUT2D eigenvalue weighted by Gasteiger charge is 2.11. The van der Waals surface area contributed by atoms with Crippen LogP contribution in [0.15, 0.2) is 53.3 Å². The van der Waals surface area contributed by atoms with Crippen LogP contribution in [0.25, 0.3) is 18.3 Å². The maximum absolute atomic E-state index is 12.7. The highest BCUT2D eigenvalue weighted by Crippen LogP contribution is 2.17. The quantitative estimate of drug-likeness (QED) is 0.588. The number of rotatable bonds is 3. The monoisotopic (exact) mass is 321 g/mol. The number of nitrogens with zero attached hydrogens (tertiary/aromatic N) is 2. The van der Waals surface area contributed by atoms with Crippen LogP contribution in [0.4, 0.5) is 5.69 Å². The van der Waals surface area contributed by atoms with Crippen LogP contribution in [-0.4, -0.2) is 14.7 Å². The van der Waals surface area contributed by atoms with E-state index in [9.17, 15) is 14.9 Å². The van der Waals surface area contributed by atoms with Crippen molar-refractivity contribution in [3.63, 3.8) is 0 Å². The van der Waals surface area contributed by atoms with Gasteiger partial charge in [-0.1, -0.05) is 36.4 Å². The fourth-order valence-corrected chi connectivity index (χ4v) is 2.45. The predicted molar refractivity (Wildman–Crippen MR) is 92.6 cm³/mol. The van der Waals surface area contributed by atoms with Gasteiger partial charge in [-0.15, -0.1) is 0 Å². The lowest BCUT2D eigenvalue weighted by atomic mass is 10.1. The largest absolute Gasteiger partial charge is 0.291 e. The second kappa shape index (κ2) is 6.00. The zero-order valence-corrected chi connectivity index (χ0v) is 13.0. The molecule has 0 spiro atoms. The van der Waals surface area contributed by atoms with E-state index in [1.165, 1.54) is 16.8 Å². The van der Waals surface area contributed by atoms with E-state index < -0.39 is 4.92 Å². The van der Waals surface area contributed by atoms with E-state index in [-0.39, 0.29) is 11.2 Å². The summed E-state index contributed by atoms with van der Waals surface area (Å²) in [6.07, 6.45) is 1.49. The first-order valence-electron chi connectivity index (χ1n) is 7.29. The van der Waals surface area contributed by atoms with Gasteiger partial charge in [0.25, 0.3) is 11.2 Å². The molecule has 1 N–H and O–H groups in total. The number of nitro groups is 1. The molecule has 0 unspecified atom stereocenters. The molecule has 0 radical (unpaired) electrons. The van der Waals surface area contributed by atoms with E-state index in [2.05, 4.69) is 11.7 Å². The van der Waals surface area contributed by atoms with Crippen molar-refractivity contribution in [1.29, 1.82) is 0 Å². The third kappa shape index (κ3) is 2.77. The Morgan fingerprint density at radius 1 is 1.17 bits per heavy atom. The number of para-hydroxylation sites is 1. The minimum Gasteiger partial charge on any atom is -0.291 e. The average molecular weight is 321 g/mol. The first kappa shape index (κ1) is 15.5. The molecule has 0 saturated carbocycles. The lowest BCUT2D eigenvalue weighted by Crippen LogP contribution is -2.34. The van der Waals surface area contributed by atoms with Crippen molar-refractivity contribution in [2.45, 2.75) is 6.92 Å². The second-order valence-corrected chi connectivity index (χ2v) is 5.44. The number of hydrogen-bond acceptors (Lipinski definition) is 3. The Morgan fingerprint density at radius 2 is 1.83 bits per heavy atom. The van der Waals surface area contributed by atoms with E-state index >= 15 is 0 Å². The maximum Gasteiger partial charge on any atom is 0.279 e. The summed E-state index contributed by atoms with van der Waals surface area (Å²) in [7, 11) is 0. The van der Waals surface area contributed by atoms with Crippen molar-refractivity contribution in [3.8, 4) is 5.69 Å². The number of aryl methyl sites for hydroxylation is 1. The number of hydrogen-bond donors (Lipinski definition) is 1. The predicted octanol–water partition coefficient (Wildman–Crippen LogP) is 1.62. The highest BCUT2D eigenvalue weighted by molar-refractivity contribution is 5.60. The summed E-state index contributed by atoms with van der Waals surface area (Å²) < 4.78 is 1.38. The van der Waals surface area contributed by atoms with Gasteiger partial charge in [0.15, 0.2) is 0 Å². The van der Waals surface area contributed by atoms with Gasteiger partial charge in [0.2, 0.25) is 0 Å². The Bertz CT molecular complexity index is 1080. The molecule has 0 bridgehead atoms. The first-order valence-corrected chi connectivity index (χ1v) is 7.29. The Labute approximate surface area is 137 Å². The molecule has 3 rings (SSSR count). The summed E-state index contributed by atoms with van der Waals surface area (Å²) in [5, 5.41) is 14.7. The van der Waals surface area contributed by atoms with E-state index in [4.69, 9.17) is 0 Å². The van der Waals surface area contributed by atoms with Crippen LogP contribution >= 0.6 is 0 Å². The number of H-pyrrole nitrogens is 1. The molecule has 3 aromatic rings. The lowest BCUT2D eigenvalue weighted by molar-refractivity contribution is -0.385. The van der Waals surface area contributed by atoms with Gasteiger partial charge in [-0.05, 0) is 31.2 Å². The van der Waals surface area contributed by atoms with Crippen LogP contribution in [-0.2, 0) is 0 Å². The Morgan fingerprint density at radius 3 is 2.50 bits per heavy atom. The van der Waals surface area contributed by atoms with E-state index in [0.717, 1.165) is 5.56 Å². The van der Waals surface area contributed by atoms with Gasteiger partial charge in [-0.3, -0.25) is 20.0 Å².